The lowest BCUT2D eigenvalue weighted by Crippen LogP contribution is -2.23. The molecule has 0 spiro atoms. The van der Waals surface area contributed by atoms with E-state index in [1.165, 1.54) is 0 Å². The van der Waals surface area contributed by atoms with Gasteiger partial charge in [0.25, 0.3) is 0 Å². The molecule has 3 heteroatoms. The summed E-state index contributed by atoms with van der Waals surface area (Å²) in [6.45, 7) is 5.45. The van der Waals surface area contributed by atoms with Crippen molar-refractivity contribution in [2.45, 2.75) is 26.4 Å². The molecule has 0 saturated carbocycles. The fourth-order valence-electron chi connectivity index (χ4n) is 1.85. The number of carbonyl (C=O) groups is 2. The van der Waals surface area contributed by atoms with Crippen LogP contribution in [-0.2, 0) is 4.74 Å². The highest BCUT2D eigenvalue weighted by atomic mass is 16.6. The van der Waals surface area contributed by atoms with E-state index in [2.05, 4.69) is 0 Å². The molecule has 2 aromatic rings. The van der Waals surface area contributed by atoms with Gasteiger partial charge in [-0.1, -0.05) is 42.5 Å². The Bertz CT molecular complexity index is 634. The summed E-state index contributed by atoms with van der Waals surface area (Å²) in [6.07, 6.45) is 0. The van der Waals surface area contributed by atoms with Crippen LogP contribution in [-0.4, -0.2) is 17.4 Å². The molecule has 0 amide bonds. The summed E-state index contributed by atoms with van der Waals surface area (Å²) >= 11 is 0. The van der Waals surface area contributed by atoms with Gasteiger partial charge >= 0.3 is 5.97 Å². The minimum atomic E-state index is -0.532. The highest BCUT2D eigenvalue weighted by Crippen LogP contribution is 2.15. The first-order valence-corrected chi connectivity index (χ1v) is 6.80. The Morgan fingerprint density at radius 3 is 1.76 bits per heavy atom. The Morgan fingerprint density at radius 1 is 0.762 bits per heavy atom. The SMILES string of the molecule is CC(C)(C)OC(=O)c1ccc(C(=O)c2ccccc2)cc1. The second-order valence-electron chi connectivity index (χ2n) is 5.77. The first kappa shape index (κ1) is 15.0. The van der Waals surface area contributed by atoms with Crippen LogP contribution in [0.25, 0.3) is 0 Å². The maximum absolute atomic E-state index is 12.2. The Kier molecular flexibility index (Phi) is 4.22. The molecule has 2 aromatic carbocycles. The second kappa shape index (κ2) is 5.92. The van der Waals surface area contributed by atoms with Crippen LogP contribution in [0.2, 0.25) is 0 Å². The van der Waals surface area contributed by atoms with E-state index >= 15 is 0 Å². The highest BCUT2D eigenvalue weighted by molar-refractivity contribution is 6.09. The smallest absolute Gasteiger partial charge is 0.338 e. The van der Waals surface area contributed by atoms with Crippen molar-refractivity contribution in [1.82, 2.24) is 0 Å². The predicted octanol–water partition coefficient (Wildman–Crippen LogP) is 3.87. The summed E-state index contributed by atoms with van der Waals surface area (Å²) in [5, 5.41) is 0. The molecule has 0 aromatic heterocycles. The molecule has 0 aliphatic rings. The van der Waals surface area contributed by atoms with Crippen molar-refractivity contribution in [3.05, 3.63) is 71.3 Å². The highest BCUT2D eigenvalue weighted by Gasteiger charge is 2.18. The number of esters is 1. The van der Waals surface area contributed by atoms with Crippen LogP contribution in [0.3, 0.4) is 0 Å². The third-order valence-electron chi connectivity index (χ3n) is 2.82. The molecular weight excluding hydrogens is 264 g/mol. The summed E-state index contributed by atoms with van der Waals surface area (Å²) < 4.78 is 5.28. The summed E-state index contributed by atoms with van der Waals surface area (Å²) in [6, 6.07) is 15.6. The number of benzene rings is 2. The molecule has 0 aliphatic carbocycles. The number of carbonyl (C=O) groups excluding carboxylic acids is 2. The topological polar surface area (TPSA) is 43.4 Å². The Hall–Kier alpha value is -2.42. The molecule has 0 heterocycles. The molecule has 3 nitrogen and oxygen atoms in total. The summed E-state index contributed by atoms with van der Waals surface area (Å²) in [7, 11) is 0. The lowest BCUT2D eigenvalue weighted by Gasteiger charge is -2.19. The first-order valence-electron chi connectivity index (χ1n) is 6.80. The molecule has 2 rings (SSSR count). The van der Waals surface area contributed by atoms with E-state index in [0.29, 0.717) is 16.7 Å². The van der Waals surface area contributed by atoms with Gasteiger partial charge in [0, 0.05) is 11.1 Å². The summed E-state index contributed by atoms with van der Waals surface area (Å²) in [5.41, 5.74) is 1.08. The zero-order chi connectivity index (χ0) is 15.5. The molecule has 0 bridgehead atoms. The average molecular weight is 282 g/mol. The molecule has 0 N–H and O–H groups in total. The van der Waals surface area contributed by atoms with Crippen LogP contribution in [0.15, 0.2) is 54.6 Å². The zero-order valence-electron chi connectivity index (χ0n) is 12.4. The normalized spacial score (nSPS) is 11.0. The second-order valence-corrected chi connectivity index (χ2v) is 5.77. The van der Waals surface area contributed by atoms with E-state index in [4.69, 9.17) is 4.74 Å². The number of hydrogen-bond acceptors (Lipinski definition) is 3. The molecule has 108 valence electrons. The van der Waals surface area contributed by atoms with Gasteiger partial charge in [-0.15, -0.1) is 0 Å². The molecule has 0 fully saturated rings. The first-order chi connectivity index (χ1) is 9.87. The maximum Gasteiger partial charge on any atom is 0.338 e. The van der Waals surface area contributed by atoms with E-state index in [9.17, 15) is 9.59 Å². The lowest BCUT2D eigenvalue weighted by molar-refractivity contribution is 0.00694. The van der Waals surface area contributed by atoms with Gasteiger partial charge in [0.05, 0.1) is 5.56 Å². The Labute approximate surface area is 124 Å². The van der Waals surface area contributed by atoms with E-state index in [0.717, 1.165) is 0 Å². The third kappa shape index (κ3) is 4.02. The number of rotatable bonds is 3. The molecule has 0 unspecified atom stereocenters. The van der Waals surface area contributed by atoms with Crippen LogP contribution in [0.5, 0.6) is 0 Å². The van der Waals surface area contributed by atoms with E-state index in [1.54, 1.807) is 36.4 Å². The molecule has 0 atom stereocenters. The van der Waals surface area contributed by atoms with Gasteiger partial charge < -0.3 is 4.74 Å². The van der Waals surface area contributed by atoms with Crippen LogP contribution < -0.4 is 0 Å². The molecular formula is C18H18O3. The van der Waals surface area contributed by atoms with Gasteiger partial charge in [0.15, 0.2) is 5.78 Å². The van der Waals surface area contributed by atoms with Gasteiger partial charge in [-0.3, -0.25) is 4.79 Å². The van der Waals surface area contributed by atoms with Crippen molar-refractivity contribution >= 4 is 11.8 Å². The molecule has 0 saturated heterocycles. The van der Waals surface area contributed by atoms with Crippen molar-refractivity contribution < 1.29 is 14.3 Å². The third-order valence-corrected chi connectivity index (χ3v) is 2.82. The maximum atomic E-state index is 12.2. The van der Waals surface area contributed by atoms with E-state index < -0.39 is 5.60 Å². The van der Waals surface area contributed by atoms with Crippen molar-refractivity contribution in [2.24, 2.45) is 0 Å². The van der Waals surface area contributed by atoms with Crippen molar-refractivity contribution in [3.63, 3.8) is 0 Å². The molecule has 21 heavy (non-hydrogen) atoms. The van der Waals surface area contributed by atoms with Gasteiger partial charge in [0.2, 0.25) is 0 Å². The number of ketones is 1. The fraction of sp³-hybridized carbons (Fsp3) is 0.222. The van der Waals surface area contributed by atoms with Gasteiger partial charge in [-0.2, -0.15) is 0 Å². The van der Waals surface area contributed by atoms with Crippen molar-refractivity contribution in [1.29, 1.82) is 0 Å². The fourth-order valence-corrected chi connectivity index (χ4v) is 1.85. The molecule has 0 aliphatic heterocycles. The van der Waals surface area contributed by atoms with Crippen molar-refractivity contribution in [3.8, 4) is 0 Å². The van der Waals surface area contributed by atoms with Crippen molar-refractivity contribution in [2.75, 3.05) is 0 Å². The summed E-state index contributed by atoms with van der Waals surface area (Å²) in [4.78, 5) is 24.1. The Balaban J connectivity index is 2.16. The predicted molar refractivity (Wildman–Crippen MR) is 81.5 cm³/mol. The number of ether oxygens (including phenoxy) is 1. The van der Waals surface area contributed by atoms with Crippen LogP contribution >= 0.6 is 0 Å². The monoisotopic (exact) mass is 282 g/mol. The number of hydrogen-bond donors (Lipinski definition) is 0. The van der Waals surface area contributed by atoms with Crippen LogP contribution in [0.1, 0.15) is 47.1 Å². The lowest BCUT2D eigenvalue weighted by atomic mass is 10.0. The minimum absolute atomic E-state index is 0.0636. The van der Waals surface area contributed by atoms with Gasteiger partial charge in [0.1, 0.15) is 5.60 Å². The standard InChI is InChI=1S/C18H18O3/c1-18(2,3)21-17(20)15-11-9-14(10-12-15)16(19)13-7-5-4-6-8-13/h4-12H,1-3H3. The average Bonchev–Trinajstić information content (AvgIpc) is 2.46. The van der Waals surface area contributed by atoms with E-state index in [1.807, 2.05) is 39.0 Å². The van der Waals surface area contributed by atoms with Crippen LogP contribution in [0.4, 0.5) is 0 Å². The molecule has 0 radical (unpaired) electrons. The summed E-state index contributed by atoms with van der Waals surface area (Å²) in [5.74, 6) is -0.451. The largest absolute Gasteiger partial charge is 0.456 e. The van der Waals surface area contributed by atoms with Gasteiger partial charge in [-0.25, -0.2) is 4.79 Å². The van der Waals surface area contributed by atoms with E-state index in [-0.39, 0.29) is 11.8 Å². The zero-order valence-corrected chi connectivity index (χ0v) is 12.4. The van der Waals surface area contributed by atoms with Crippen LogP contribution in [0, 0.1) is 0 Å². The Morgan fingerprint density at radius 2 is 1.24 bits per heavy atom. The quantitative estimate of drug-likeness (QED) is 0.634. The minimum Gasteiger partial charge on any atom is -0.456 e. The van der Waals surface area contributed by atoms with Gasteiger partial charge in [-0.05, 0) is 32.9 Å².